The first-order valence-electron chi connectivity index (χ1n) is 11.6. The lowest BCUT2D eigenvalue weighted by atomic mass is 9.97. The van der Waals surface area contributed by atoms with Crippen LogP contribution in [0.3, 0.4) is 0 Å². The van der Waals surface area contributed by atoms with E-state index in [0.29, 0.717) is 56.0 Å². The molecule has 0 bridgehead atoms. The van der Waals surface area contributed by atoms with Gasteiger partial charge in [0.05, 0.1) is 11.4 Å². The Morgan fingerprint density at radius 2 is 1.67 bits per heavy atom. The third-order valence-corrected chi connectivity index (χ3v) is 8.65. The van der Waals surface area contributed by atoms with E-state index >= 15 is 0 Å². The van der Waals surface area contributed by atoms with Crippen molar-refractivity contribution in [3.05, 3.63) is 34.2 Å². The van der Waals surface area contributed by atoms with Gasteiger partial charge in [-0.15, -0.1) is 0 Å². The first-order valence-corrected chi connectivity index (χ1v) is 13.1. The highest BCUT2D eigenvalue weighted by Crippen LogP contribution is 2.32. The molecular formula is C23H31F2N3O4S. The number of hydrogen-bond donors (Lipinski definition) is 0. The summed E-state index contributed by atoms with van der Waals surface area (Å²) in [5.41, 5.74) is 1.51. The molecule has 1 aromatic rings. The number of alkyl halides is 2. The summed E-state index contributed by atoms with van der Waals surface area (Å²) >= 11 is 0. The molecule has 0 N–H and O–H groups in total. The minimum Gasteiger partial charge on any atom is -0.435 e. The van der Waals surface area contributed by atoms with E-state index in [1.165, 1.54) is 23.2 Å². The van der Waals surface area contributed by atoms with Crippen LogP contribution in [0.5, 0.6) is 5.75 Å². The SMILES string of the molecule is O=C(CN1CCN(S(=O)(=O)C2=Cc3ccc(OC(F)F)cc3CC2)CC1)N1CCCCCC1. The van der Waals surface area contributed by atoms with Crippen LogP contribution < -0.4 is 4.74 Å². The van der Waals surface area contributed by atoms with Gasteiger partial charge in [0, 0.05) is 39.3 Å². The number of ether oxygens (including phenoxy) is 1. The molecule has 1 aromatic carbocycles. The number of nitrogens with zero attached hydrogens (tertiary/aromatic N) is 3. The topological polar surface area (TPSA) is 70.2 Å². The van der Waals surface area contributed by atoms with Gasteiger partial charge in [-0.3, -0.25) is 9.69 Å². The summed E-state index contributed by atoms with van der Waals surface area (Å²) in [7, 11) is -3.61. The number of carbonyl (C=O) groups is 1. The number of amides is 1. The highest BCUT2D eigenvalue weighted by molar-refractivity contribution is 7.93. The summed E-state index contributed by atoms with van der Waals surface area (Å²) in [6, 6.07) is 4.59. The lowest BCUT2D eigenvalue weighted by Crippen LogP contribution is -2.51. The Labute approximate surface area is 194 Å². The van der Waals surface area contributed by atoms with Crippen LogP contribution in [0.2, 0.25) is 0 Å². The number of fused-ring (bicyclic) bond motifs is 1. The van der Waals surface area contributed by atoms with Gasteiger partial charge in [-0.25, -0.2) is 8.42 Å². The molecule has 3 aliphatic rings. The number of rotatable bonds is 6. The van der Waals surface area contributed by atoms with Crippen LogP contribution in [0.1, 0.15) is 43.2 Å². The van der Waals surface area contributed by atoms with E-state index in [0.717, 1.165) is 31.5 Å². The Kier molecular flexibility index (Phi) is 7.65. The summed E-state index contributed by atoms with van der Waals surface area (Å²) in [5, 5.41) is 0. The Bertz CT molecular complexity index is 983. The van der Waals surface area contributed by atoms with E-state index in [1.54, 1.807) is 18.2 Å². The summed E-state index contributed by atoms with van der Waals surface area (Å²) in [6.07, 6.45) is 6.85. The minimum atomic E-state index is -3.61. The first kappa shape index (κ1) is 24.1. The molecule has 0 atom stereocenters. The first-order chi connectivity index (χ1) is 15.8. The number of piperazine rings is 1. The van der Waals surface area contributed by atoms with Gasteiger partial charge >= 0.3 is 6.61 Å². The van der Waals surface area contributed by atoms with Crippen LogP contribution in [0.4, 0.5) is 8.78 Å². The molecule has 10 heteroatoms. The molecule has 1 amide bonds. The van der Waals surface area contributed by atoms with Gasteiger partial charge < -0.3 is 9.64 Å². The Morgan fingerprint density at radius 1 is 0.970 bits per heavy atom. The van der Waals surface area contributed by atoms with E-state index in [1.807, 2.05) is 9.80 Å². The summed E-state index contributed by atoms with van der Waals surface area (Å²) in [4.78, 5) is 17.0. The average Bonchev–Trinajstić information content (AvgIpc) is 3.08. The number of carbonyl (C=O) groups excluding carboxylic acids is 1. The van der Waals surface area contributed by atoms with E-state index < -0.39 is 16.6 Å². The highest BCUT2D eigenvalue weighted by atomic mass is 32.2. The molecule has 0 unspecified atom stereocenters. The van der Waals surface area contributed by atoms with Crippen LogP contribution in [0.15, 0.2) is 23.1 Å². The lowest BCUT2D eigenvalue weighted by Gasteiger charge is -2.35. The highest BCUT2D eigenvalue weighted by Gasteiger charge is 2.32. The zero-order valence-corrected chi connectivity index (χ0v) is 19.5. The maximum Gasteiger partial charge on any atom is 0.387 e. The second-order valence-electron chi connectivity index (χ2n) is 8.83. The molecule has 2 aliphatic heterocycles. The molecular weight excluding hydrogens is 452 g/mol. The summed E-state index contributed by atoms with van der Waals surface area (Å²) < 4.78 is 57.2. The van der Waals surface area contributed by atoms with Gasteiger partial charge in [0.1, 0.15) is 5.75 Å². The van der Waals surface area contributed by atoms with Gasteiger partial charge in [0.15, 0.2) is 0 Å². The number of benzene rings is 1. The number of allylic oxidation sites excluding steroid dienone is 1. The van der Waals surface area contributed by atoms with E-state index in [4.69, 9.17) is 0 Å². The van der Waals surface area contributed by atoms with Crippen LogP contribution in [-0.2, 0) is 21.2 Å². The van der Waals surface area contributed by atoms with E-state index in [2.05, 4.69) is 4.74 Å². The van der Waals surface area contributed by atoms with Crippen molar-refractivity contribution < 1.29 is 26.7 Å². The number of likely N-dealkylation sites (tertiary alicyclic amines) is 1. The third-order valence-electron chi connectivity index (χ3n) is 6.62. The number of halogens is 2. The molecule has 182 valence electrons. The summed E-state index contributed by atoms with van der Waals surface area (Å²) in [6.45, 7) is 0.830. The molecule has 33 heavy (non-hydrogen) atoms. The van der Waals surface area contributed by atoms with Crippen LogP contribution in [0, 0.1) is 0 Å². The molecule has 2 heterocycles. The zero-order valence-electron chi connectivity index (χ0n) is 18.7. The van der Waals surface area contributed by atoms with Crippen LogP contribution >= 0.6 is 0 Å². The van der Waals surface area contributed by atoms with E-state index in [-0.39, 0.29) is 11.7 Å². The van der Waals surface area contributed by atoms with Crippen molar-refractivity contribution in [1.29, 1.82) is 0 Å². The lowest BCUT2D eigenvalue weighted by molar-refractivity contribution is -0.132. The minimum absolute atomic E-state index is 0.0781. The maximum atomic E-state index is 13.2. The molecule has 1 aliphatic carbocycles. The number of hydrogen-bond acceptors (Lipinski definition) is 5. The van der Waals surface area contributed by atoms with Crippen molar-refractivity contribution in [3.63, 3.8) is 0 Å². The van der Waals surface area contributed by atoms with Crippen LogP contribution in [0.25, 0.3) is 6.08 Å². The fourth-order valence-electron chi connectivity index (χ4n) is 4.73. The molecule has 2 fully saturated rings. The fourth-order valence-corrected chi connectivity index (χ4v) is 6.34. The van der Waals surface area contributed by atoms with Gasteiger partial charge in [-0.2, -0.15) is 13.1 Å². The number of sulfonamides is 1. The fraction of sp³-hybridized carbons (Fsp3) is 0.609. The van der Waals surface area contributed by atoms with Gasteiger partial charge in [0.2, 0.25) is 15.9 Å². The molecule has 7 nitrogen and oxygen atoms in total. The van der Waals surface area contributed by atoms with Gasteiger partial charge in [-0.1, -0.05) is 18.9 Å². The Hall–Kier alpha value is -2.04. The summed E-state index contributed by atoms with van der Waals surface area (Å²) in [5.74, 6) is 0.212. The second-order valence-corrected chi connectivity index (χ2v) is 10.8. The molecule has 0 saturated carbocycles. The quantitative estimate of drug-likeness (QED) is 0.622. The maximum absolute atomic E-state index is 13.2. The van der Waals surface area contributed by atoms with Crippen molar-refractivity contribution in [1.82, 2.24) is 14.1 Å². The predicted octanol–water partition coefficient (Wildman–Crippen LogP) is 2.93. The third kappa shape index (κ3) is 5.91. The van der Waals surface area contributed by atoms with Crippen LogP contribution in [-0.4, -0.2) is 80.9 Å². The molecule has 0 aromatic heterocycles. The van der Waals surface area contributed by atoms with Gasteiger partial charge in [0.25, 0.3) is 0 Å². The van der Waals surface area contributed by atoms with Crippen molar-refractivity contribution in [3.8, 4) is 5.75 Å². The van der Waals surface area contributed by atoms with Crippen molar-refractivity contribution in [2.24, 2.45) is 0 Å². The predicted molar refractivity (Wildman–Crippen MR) is 121 cm³/mol. The Morgan fingerprint density at radius 3 is 2.33 bits per heavy atom. The van der Waals surface area contributed by atoms with Crippen molar-refractivity contribution >= 4 is 22.0 Å². The van der Waals surface area contributed by atoms with E-state index in [9.17, 15) is 22.0 Å². The monoisotopic (exact) mass is 483 g/mol. The standard InChI is InChI=1S/C23H31F2N3O4S/c24-23(25)32-20-7-5-19-16-21(8-6-18(19)15-20)33(30,31)28-13-11-26(12-14-28)17-22(29)27-9-3-1-2-4-10-27/h5,7,15-16,23H,1-4,6,8-14,17H2. The average molecular weight is 484 g/mol. The molecule has 4 rings (SSSR count). The van der Waals surface area contributed by atoms with Crippen molar-refractivity contribution in [2.75, 3.05) is 45.8 Å². The normalized spacial score (nSPS) is 20.8. The molecule has 2 saturated heterocycles. The molecule has 0 radical (unpaired) electrons. The van der Waals surface area contributed by atoms with Gasteiger partial charge in [-0.05, 0) is 55.0 Å². The largest absolute Gasteiger partial charge is 0.435 e. The molecule has 0 spiro atoms. The van der Waals surface area contributed by atoms with Crippen molar-refractivity contribution in [2.45, 2.75) is 45.1 Å². The smallest absolute Gasteiger partial charge is 0.387 e. The number of aryl methyl sites for hydroxylation is 1. The zero-order chi connectivity index (χ0) is 23.4. The Balaban J connectivity index is 1.35. The second kappa shape index (κ2) is 10.5.